The van der Waals surface area contributed by atoms with Gasteiger partial charge in [0.1, 0.15) is 0 Å². The lowest BCUT2D eigenvalue weighted by Crippen LogP contribution is -2.13. The second kappa shape index (κ2) is 3.51. The lowest BCUT2D eigenvalue weighted by molar-refractivity contribution is 0.115. The van der Waals surface area contributed by atoms with Gasteiger partial charge in [-0.3, -0.25) is 0 Å². The lowest BCUT2D eigenvalue weighted by Gasteiger charge is -2.17. The van der Waals surface area contributed by atoms with Gasteiger partial charge in [-0.25, -0.2) is 0 Å². The SMILES string of the molecule is CC1COC(C)C1c1ccccc1. The summed E-state index contributed by atoms with van der Waals surface area (Å²) in [5, 5.41) is 0. The highest BCUT2D eigenvalue weighted by Crippen LogP contribution is 2.35. The van der Waals surface area contributed by atoms with Crippen molar-refractivity contribution in [2.75, 3.05) is 6.61 Å². The molecule has 0 spiro atoms. The second-order valence-electron chi connectivity index (χ2n) is 3.95. The average Bonchev–Trinajstić information content (AvgIpc) is 2.48. The molecule has 0 aromatic heterocycles. The third-order valence-corrected chi connectivity index (χ3v) is 2.93. The van der Waals surface area contributed by atoms with Gasteiger partial charge >= 0.3 is 0 Å². The van der Waals surface area contributed by atoms with E-state index in [1.54, 1.807) is 0 Å². The van der Waals surface area contributed by atoms with E-state index in [0.29, 0.717) is 17.9 Å². The molecule has 0 aliphatic carbocycles. The van der Waals surface area contributed by atoms with Crippen LogP contribution in [0, 0.1) is 5.92 Å². The molecule has 1 heterocycles. The molecule has 3 unspecified atom stereocenters. The molecule has 0 bridgehead atoms. The van der Waals surface area contributed by atoms with Crippen LogP contribution in [0.4, 0.5) is 0 Å². The highest BCUT2D eigenvalue weighted by molar-refractivity contribution is 5.22. The maximum atomic E-state index is 5.63. The van der Waals surface area contributed by atoms with Crippen molar-refractivity contribution in [3.8, 4) is 0 Å². The summed E-state index contributed by atoms with van der Waals surface area (Å²) in [6, 6.07) is 10.7. The summed E-state index contributed by atoms with van der Waals surface area (Å²) in [5.74, 6) is 1.23. The summed E-state index contributed by atoms with van der Waals surface area (Å²) < 4.78 is 5.63. The zero-order valence-corrected chi connectivity index (χ0v) is 8.23. The van der Waals surface area contributed by atoms with Gasteiger partial charge in [0.05, 0.1) is 12.7 Å². The first-order valence-electron chi connectivity index (χ1n) is 4.95. The maximum absolute atomic E-state index is 5.63. The first-order valence-corrected chi connectivity index (χ1v) is 4.95. The maximum Gasteiger partial charge on any atom is 0.0619 e. The number of rotatable bonds is 1. The summed E-state index contributed by atoms with van der Waals surface area (Å²) in [6.45, 7) is 5.34. The van der Waals surface area contributed by atoms with Crippen molar-refractivity contribution < 1.29 is 4.74 Å². The van der Waals surface area contributed by atoms with Gasteiger partial charge in [-0.1, -0.05) is 37.3 Å². The van der Waals surface area contributed by atoms with Crippen LogP contribution >= 0.6 is 0 Å². The summed E-state index contributed by atoms with van der Waals surface area (Å²) in [4.78, 5) is 0. The van der Waals surface area contributed by atoms with E-state index < -0.39 is 0 Å². The fourth-order valence-electron chi connectivity index (χ4n) is 2.25. The minimum atomic E-state index is 0.373. The van der Waals surface area contributed by atoms with Gasteiger partial charge in [-0.15, -0.1) is 0 Å². The Morgan fingerprint density at radius 1 is 1.15 bits per heavy atom. The van der Waals surface area contributed by atoms with E-state index in [1.807, 2.05) is 0 Å². The van der Waals surface area contributed by atoms with Gasteiger partial charge in [0, 0.05) is 5.92 Å². The normalized spacial score (nSPS) is 33.5. The van der Waals surface area contributed by atoms with Crippen LogP contribution in [-0.4, -0.2) is 12.7 Å². The van der Waals surface area contributed by atoms with Crippen molar-refractivity contribution >= 4 is 0 Å². The van der Waals surface area contributed by atoms with Crippen molar-refractivity contribution in [2.24, 2.45) is 5.92 Å². The predicted octanol–water partition coefficient (Wildman–Crippen LogP) is 2.83. The molecular weight excluding hydrogens is 160 g/mol. The van der Waals surface area contributed by atoms with Crippen molar-refractivity contribution in [1.29, 1.82) is 0 Å². The number of hydrogen-bond donors (Lipinski definition) is 0. The third-order valence-electron chi connectivity index (χ3n) is 2.93. The lowest BCUT2D eigenvalue weighted by atomic mass is 9.86. The molecule has 1 aromatic carbocycles. The van der Waals surface area contributed by atoms with E-state index in [-0.39, 0.29) is 0 Å². The number of hydrogen-bond acceptors (Lipinski definition) is 1. The molecule has 1 nitrogen and oxygen atoms in total. The summed E-state index contributed by atoms with van der Waals surface area (Å²) >= 11 is 0. The van der Waals surface area contributed by atoms with Crippen molar-refractivity contribution in [3.05, 3.63) is 35.9 Å². The third kappa shape index (κ3) is 1.61. The highest BCUT2D eigenvalue weighted by Gasteiger charge is 2.32. The standard InChI is InChI=1S/C12H16O/c1-9-8-13-10(2)12(9)11-6-4-3-5-7-11/h3-7,9-10,12H,8H2,1-2H3. The van der Waals surface area contributed by atoms with Gasteiger partial charge in [0.25, 0.3) is 0 Å². The van der Waals surface area contributed by atoms with E-state index in [2.05, 4.69) is 44.2 Å². The molecule has 1 aromatic rings. The van der Waals surface area contributed by atoms with Crippen LogP contribution in [0.5, 0.6) is 0 Å². The molecule has 1 saturated heterocycles. The molecule has 1 fully saturated rings. The molecule has 1 heteroatoms. The minimum Gasteiger partial charge on any atom is -0.378 e. The Labute approximate surface area is 79.7 Å². The molecule has 70 valence electrons. The first-order chi connectivity index (χ1) is 6.29. The summed E-state index contributed by atoms with van der Waals surface area (Å²) in [6.07, 6.45) is 0.373. The number of benzene rings is 1. The molecular formula is C12H16O. The average molecular weight is 176 g/mol. The van der Waals surface area contributed by atoms with Crippen LogP contribution < -0.4 is 0 Å². The molecule has 13 heavy (non-hydrogen) atoms. The molecule has 3 atom stereocenters. The Balaban J connectivity index is 2.25. The van der Waals surface area contributed by atoms with E-state index in [4.69, 9.17) is 4.74 Å². The monoisotopic (exact) mass is 176 g/mol. The van der Waals surface area contributed by atoms with Crippen LogP contribution in [0.25, 0.3) is 0 Å². The van der Waals surface area contributed by atoms with Gasteiger partial charge in [-0.05, 0) is 18.4 Å². The Hall–Kier alpha value is -0.820. The highest BCUT2D eigenvalue weighted by atomic mass is 16.5. The topological polar surface area (TPSA) is 9.23 Å². The quantitative estimate of drug-likeness (QED) is 0.639. The molecule has 1 aliphatic rings. The number of ether oxygens (including phenoxy) is 1. The molecule has 0 radical (unpaired) electrons. The van der Waals surface area contributed by atoms with Crippen LogP contribution in [0.1, 0.15) is 25.3 Å². The Morgan fingerprint density at radius 3 is 2.38 bits per heavy atom. The van der Waals surface area contributed by atoms with E-state index in [1.165, 1.54) is 5.56 Å². The smallest absolute Gasteiger partial charge is 0.0619 e. The zero-order valence-electron chi connectivity index (χ0n) is 8.23. The van der Waals surface area contributed by atoms with Gasteiger partial charge in [0.15, 0.2) is 0 Å². The van der Waals surface area contributed by atoms with Gasteiger partial charge in [-0.2, -0.15) is 0 Å². The predicted molar refractivity (Wildman–Crippen MR) is 53.8 cm³/mol. The van der Waals surface area contributed by atoms with Crippen LogP contribution in [0.2, 0.25) is 0 Å². The zero-order chi connectivity index (χ0) is 9.26. The van der Waals surface area contributed by atoms with E-state index in [0.717, 1.165) is 6.61 Å². The molecule has 0 N–H and O–H groups in total. The van der Waals surface area contributed by atoms with E-state index >= 15 is 0 Å². The molecule has 0 amide bonds. The molecule has 2 rings (SSSR count). The Bertz CT molecular complexity index is 258. The van der Waals surface area contributed by atoms with Crippen LogP contribution in [-0.2, 0) is 4.74 Å². The fraction of sp³-hybridized carbons (Fsp3) is 0.500. The van der Waals surface area contributed by atoms with Crippen LogP contribution in [0.3, 0.4) is 0 Å². The van der Waals surface area contributed by atoms with Crippen molar-refractivity contribution in [3.63, 3.8) is 0 Å². The van der Waals surface area contributed by atoms with Crippen LogP contribution in [0.15, 0.2) is 30.3 Å². The van der Waals surface area contributed by atoms with Crippen molar-refractivity contribution in [1.82, 2.24) is 0 Å². The largest absolute Gasteiger partial charge is 0.378 e. The van der Waals surface area contributed by atoms with Gasteiger partial charge in [0.2, 0.25) is 0 Å². The Morgan fingerprint density at radius 2 is 1.85 bits per heavy atom. The Kier molecular flexibility index (Phi) is 2.36. The van der Waals surface area contributed by atoms with Crippen molar-refractivity contribution in [2.45, 2.75) is 25.9 Å². The molecule has 0 saturated carbocycles. The van der Waals surface area contributed by atoms with E-state index in [9.17, 15) is 0 Å². The summed E-state index contributed by atoms with van der Waals surface area (Å²) in [7, 11) is 0. The minimum absolute atomic E-state index is 0.373. The van der Waals surface area contributed by atoms with Gasteiger partial charge < -0.3 is 4.74 Å². The second-order valence-corrected chi connectivity index (χ2v) is 3.95. The molecule has 1 aliphatic heterocycles. The first kappa shape index (κ1) is 8.76. The summed E-state index contributed by atoms with van der Waals surface area (Å²) in [5.41, 5.74) is 1.42. The fourth-order valence-corrected chi connectivity index (χ4v) is 2.25.